The van der Waals surface area contributed by atoms with Gasteiger partial charge in [-0.15, -0.1) is 0 Å². The molecule has 144 valence electrons. The van der Waals surface area contributed by atoms with Gasteiger partial charge < -0.3 is 9.73 Å². The topological polar surface area (TPSA) is 59.3 Å². The third-order valence-corrected chi connectivity index (χ3v) is 5.15. The Morgan fingerprint density at radius 3 is 2.45 bits per heavy atom. The first-order valence-electron chi connectivity index (χ1n) is 8.83. The number of carbonyl (C=O) groups is 1. The molecule has 6 heteroatoms. The molecule has 0 aliphatic carbocycles. The second-order valence-electron chi connectivity index (χ2n) is 6.62. The van der Waals surface area contributed by atoms with Crippen LogP contribution in [0.5, 0.6) is 0 Å². The number of carbonyl (C=O) groups excluding carboxylic acids is 1. The second kappa shape index (κ2) is 7.74. The number of hydrogen-bond donors (Lipinski definition) is 1. The minimum atomic E-state index is -0.478. The molecule has 0 fully saturated rings. The molecule has 1 aromatic heterocycles. The summed E-state index contributed by atoms with van der Waals surface area (Å²) in [6, 6.07) is 19.2. The molecule has 0 spiro atoms. The molecule has 4 aromatic rings. The van der Waals surface area contributed by atoms with Crippen LogP contribution in [-0.2, 0) is 0 Å². The molecule has 3 aromatic carbocycles. The molecule has 0 bridgehead atoms. The van der Waals surface area contributed by atoms with Gasteiger partial charge in [0.05, 0.1) is 21.2 Å². The van der Waals surface area contributed by atoms with Crippen molar-refractivity contribution in [2.45, 2.75) is 6.92 Å². The van der Waals surface area contributed by atoms with E-state index >= 15 is 0 Å². The molecular weight excluding hydrogens is 409 g/mol. The zero-order chi connectivity index (χ0) is 20.5. The molecule has 0 saturated heterocycles. The summed E-state index contributed by atoms with van der Waals surface area (Å²) in [7, 11) is 0. The van der Waals surface area contributed by atoms with Crippen LogP contribution in [0, 0.1) is 6.92 Å². The molecule has 0 aliphatic rings. The largest absolute Gasteiger partial charge is 0.422 e. The van der Waals surface area contributed by atoms with Gasteiger partial charge in [0.1, 0.15) is 5.58 Å². The standard InChI is InChI=1S/C23H15Cl2NO3/c1-13-6-8-17(19(24)10-13)22(27)26-15-7-9-16(20(25)12-15)18-11-14-4-2-3-5-21(14)29-23(18)28/h2-12H,1H3,(H,26,27). The molecule has 0 saturated carbocycles. The van der Waals surface area contributed by atoms with E-state index in [0.717, 1.165) is 10.9 Å². The zero-order valence-electron chi connectivity index (χ0n) is 15.3. The van der Waals surface area contributed by atoms with E-state index in [-0.39, 0.29) is 5.91 Å². The fraction of sp³-hybridized carbons (Fsp3) is 0.0435. The maximum atomic E-state index is 12.5. The van der Waals surface area contributed by atoms with Gasteiger partial charge in [-0.2, -0.15) is 0 Å². The summed E-state index contributed by atoms with van der Waals surface area (Å²) < 4.78 is 5.38. The molecule has 29 heavy (non-hydrogen) atoms. The highest BCUT2D eigenvalue weighted by Crippen LogP contribution is 2.30. The summed E-state index contributed by atoms with van der Waals surface area (Å²) in [5.74, 6) is -0.343. The summed E-state index contributed by atoms with van der Waals surface area (Å²) in [5, 5.41) is 4.26. The van der Waals surface area contributed by atoms with Crippen LogP contribution in [0.15, 0.2) is 75.9 Å². The Morgan fingerprint density at radius 1 is 0.897 bits per heavy atom. The Kier molecular flexibility index (Phi) is 5.14. The quantitative estimate of drug-likeness (QED) is 0.391. The lowest BCUT2D eigenvalue weighted by Crippen LogP contribution is -2.12. The predicted octanol–water partition coefficient (Wildman–Crippen LogP) is 6.33. The van der Waals surface area contributed by atoms with Crippen molar-refractivity contribution >= 4 is 45.8 Å². The van der Waals surface area contributed by atoms with Gasteiger partial charge in [-0.05, 0) is 48.9 Å². The van der Waals surface area contributed by atoms with Crippen LogP contribution in [0.1, 0.15) is 15.9 Å². The van der Waals surface area contributed by atoms with E-state index < -0.39 is 5.63 Å². The summed E-state index contributed by atoms with van der Waals surface area (Å²) in [6.07, 6.45) is 0. The highest BCUT2D eigenvalue weighted by molar-refractivity contribution is 6.35. The molecule has 1 amide bonds. The van der Waals surface area contributed by atoms with Crippen molar-refractivity contribution in [3.05, 3.63) is 98.3 Å². The Labute approximate surface area is 176 Å². The van der Waals surface area contributed by atoms with Gasteiger partial charge in [0.25, 0.3) is 5.91 Å². The summed E-state index contributed by atoms with van der Waals surface area (Å²) in [5.41, 5.74) is 2.74. The number of fused-ring (bicyclic) bond motifs is 1. The van der Waals surface area contributed by atoms with Crippen LogP contribution in [0.25, 0.3) is 22.1 Å². The second-order valence-corrected chi connectivity index (χ2v) is 7.43. The average molecular weight is 424 g/mol. The average Bonchev–Trinajstić information content (AvgIpc) is 2.68. The van der Waals surface area contributed by atoms with E-state index in [9.17, 15) is 9.59 Å². The normalized spacial score (nSPS) is 10.9. The number of nitrogens with one attached hydrogen (secondary N) is 1. The van der Waals surface area contributed by atoms with Crippen molar-refractivity contribution in [2.75, 3.05) is 5.32 Å². The van der Waals surface area contributed by atoms with Crippen molar-refractivity contribution in [2.24, 2.45) is 0 Å². The van der Waals surface area contributed by atoms with Gasteiger partial charge in [-0.25, -0.2) is 4.79 Å². The summed E-state index contributed by atoms with van der Waals surface area (Å²) in [4.78, 5) is 24.9. The number of amides is 1. The molecule has 1 heterocycles. The van der Waals surface area contributed by atoms with E-state index in [1.54, 1.807) is 48.5 Å². The molecule has 1 N–H and O–H groups in total. The first kappa shape index (κ1) is 19.2. The number of halogens is 2. The lowest BCUT2D eigenvalue weighted by atomic mass is 10.1. The number of anilines is 1. The summed E-state index contributed by atoms with van der Waals surface area (Å²) in [6.45, 7) is 1.90. The number of para-hydroxylation sites is 1. The van der Waals surface area contributed by atoms with E-state index in [1.807, 2.05) is 25.1 Å². The van der Waals surface area contributed by atoms with Gasteiger partial charge >= 0.3 is 5.63 Å². The Bertz CT molecular complexity index is 1310. The Morgan fingerprint density at radius 2 is 1.69 bits per heavy atom. The van der Waals surface area contributed by atoms with Crippen molar-refractivity contribution in [1.82, 2.24) is 0 Å². The van der Waals surface area contributed by atoms with Crippen LogP contribution in [0.2, 0.25) is 10.0 Å². The molecule has 0 unspecified atom stereocenters. The van der Waals surface area contributed by atoms with Crippen LogP contribution in [-0.4, -0.2) is 5.91 Å². The van der Waals surface area contributed by atoms with Crippen LogP contribution in [0.4, 0.5) is 5.69 Å². The van der Waals surface area contributed by atoms with Crippen LogP contribution < -0.4 is 10.9 Å². The van der Waals surface area contributed by atoms with Crippen molar-refractivity contribution in [3.8, 4) is 11.1 Å². The Hall–Kier alpha value is -3.08. The van der Waals surface area contributed by atoms with Gasteiger partial charge in [-0.1, -0.05) is 53.5 Å². The van der Waals surface area contributed by atoms with Crippen LogP contribution >= 0.6 is 23.2 Å². The molecule has 4 rings (SSSR count). The SMILES string of the molecule is Cc1ccc(C(=O)Nc2ccc(-c3cc4ccccc4oc3=O)c(Cl)c2)c(Cl)c1. The first-order chi connectivity index (χ1) is 13.9. The lowest BCUT2D eigenvalue weighted by Gasteiger charge is -2.10. The lowest BCUT2D eigenvalue weighted by molar-refractivity contribution is 0.102. The van der Waals surface area contributed by atoms with Gasteiger partial charge in [0.2, 0.25) is 0 Å². The van der Waals surface area contributed by atoms with Gasteiger partial charge in [0, 0.05) is 16.6 Å². The summed E-state index contributed by atoms with van der Waals surface area (Å²) >= 11 is 12.6. The minimum absolute atomic E-state index is 0.320. The van der Waals surface area contributed by atoms with Crippen molar-refractivity contribution < 1.29 is 9.21 Å². The molecular formula is C23H15Cl2NO3. The van der Waals surface area contributed by atoms with E-state index in [0.29, 0.717) is 38.0 Å². The zero-order valence-corrected chi connectivity index (χ0v) is 16.8. The van der Waals surface area contributed by atoms with Crippen molar-refractivity contribution in [1.29, 1.82) is 0 Å². The van der Waals surface area contributed by atoms with E-state index in [1.165, 1.54) is 0 Å². The maximum absolute atomic E-state index is 12.5. The fourth-order valence-corrected chi connectivity index (χ4v) is 3.67. The Balaban J connectivity index is 1.66. The molecule has 0 radical (unpaired) electrons. The fourth-order valence-electron chi connectivity index (χ4n) is 3.06. The minimum Gasteiger partial charge on any atom is -0.422 e. The van der Waals surface area contributed by atoms with Crippen LogP contribution in [0.3, 0.4) is 0 Å². The number of aryl methyl sites for hydroxylation is 1. The number of hydrogen-bond acceptors (Lipinski definition) is 3. The number of rotatable bonds is 3. The smallest absolute Gasteiger partial charge is 0.344 e. The highest BCUT2D eigenvalue weighted by Gasteiger charge is 2.14. The first-order valence-corrected chi connectivity index (χ1v) is 9.58. The van der Waals surface area contributed by atoms with Gasteiger partial charge in [0.15, 0.2) is 0 Å². The molecule has 4 nitrogen and oxygen atoms in total. The van der Waals surface area contributed by atoms with E-state index in [4.69, 9.17) is 27.6 Å². The predicted molar refractivity (Wildman–Crippen MR) is 117 cm³/mol. The number of benzene rings is 3. The van der Waals surface area contributed by atoms with E-state index in [2.05, 4.69) is 5.32 Å². The van der Waals surface area contributed by atoms with Gasteiger partial charge in [-0.3, -0.25) is 4.79 Å². The molecule has 0 atom stereocenters. The maximum Gasteiger partial charge on any atom is 0.344 e. The van der Waals surface area contributed by atoms with Crippen molar-refractivity contribution in [3.63, 3.8) is 0 Å². The highest BCUT2D eigenvalue weighted by atomic mass is 35.5. The third-order valence-electron chi connectivity index (χ3n) is 4.53. The third kappa shape index (κ3) is 3.90. The molecule has 0 aliphatic heterocycles. The monoisotopic (exact) mass is 423 g/mol.